The Hall–Kier alpha value is -1.24. The van der Waals surface area contributed by atoms with E-state index in [1.165, 1.54) is 0 Å². The van der Waals surface area contributed by atoms with Gasteiger partial charge in [-0.15, -0.1) is 0 Å². The first-order valence-corrected chi connectivity index (χ1v) is 4.42. The highest BCUT2D eigenvalue weighted by Gasteiger charge is 1.83. The number of hydrogen-bond acceptors (Lipinski definition) is 1. The molecule has 74 valence electrons. The molecule has 0 radical (unpaired) electrons. The standard InChI is InChI=1S/C10H14O.C2H6/c1-5-9(3)7-8-10(6-2)11-4;1-2/h5-8H,1-2H2,3-4H3;1-2H3/b9-7-,10-8+;. The van der Waals surface area contributed by atoms with Gasteiger partial charge in [0, 0.05) is 0 Å². The van der Waals surface area contributed by atoms with Crippen LogP contribution < -0.4 is 0 Å². The molecule has 0 saturated heterocycles. The molecule has 0 saturated carbocycles. The van der Waals surface area contributed by atoms with Gasteiger partial charge >= 0.3 is 0 Å². The summed E-state index contributed by atoms with van der Waals surface area (Å²) in [5.74, 6) is 0.756. The third-order valence-electron chi connectivity index (χ3n) is 1.27. The molecule has 0 bridgehead atoms. The molecule has 0 fully saturated rings. The zero-order valence-corrected chi connectivity index (χ0v) is 9.13. The molecule has 0 atom stereocenters. The molecule has 0 unspecified atom stereocenters. The number of allylic oxidation sites excluding steroid dienone is 5. The minimum Gasteiger partial charge on any atom is -0.497 e. The minimum atomic E-state index is 0.756. The molecule has 1 nitrogen and oxygen atoms in total. The van der Waals surface area contributed by atoms with E-state index in [2.05, 4.69) is 13.2 Å². The minimum absolute atomic E-state index is 0.756. The summed E-state index contributed by atoms with van der Waals surface area (Å²) in [5, 5.41) is 0. The SMILES string of the molecule is C=C/C(C)=C\C=C(/C=C)OC.CC. The van der Waals surface area contributed by atoms with E-state index in [4.69, 9.17) is 4.74 Å². The molecule has 0 spiro atoms. The van der Waals surface area contributed by atoms with Gasteiger partial charge in [0.15, 0.2) is 0 Å². The summed E-state index contributed by atoms with van der Waals surface area (Å²) in [6, 6.07) is 0. The van der Waals surface area contributed by atoms with Crippen molar-refractivity contribution >= 4 is 0 Å². The van der Waals surface area contributed by atoms with Crippen LogP contribution in [0.5, 0.6) is 0 Å². The van der Waals surface area contributed by atoms with E-state index < -0.39 is 0 Å². The predicted octanol–water partition coefficient (Wildman–Crippen LogP) is 3.86. The van der Waals surface area contributed by atoms with Crippen molar-refractivity contribution < 1.29 is 4.74 Å². The Morgan fingerprint density at radius 3 is 1.92 bits per heavy atom. The number of ether oxygens (including phenoxy) is 1. The Morgan fingerprint density at radius 1 is 1.08 bits per heavy atom. The summed E-state index contributed by atoms with van der Waals surface area (Å²) in [5.41, 5.74) is 1.10. The second-order valence-electron chi connectivity index (χ2n) is 2.09. The van der Waals surface area contributed by atoms with Crippen molar-refractivity contribution in [3.8, 4) is 0 Å². The van der Waals surface area contributed by atoms with Crippen molar-refractivity contribution in [3.63, 3.8) is 0 Å². The summed E-state index contributed by atoms with van der Waals surface area (Å²) in [6.45, 7) is 13.2. The molecule has 0 aliphatic carbocycles. The summed E-state index contributed by atoms with van der Waals surface area (Å²) < 4.78 is 4.96. The van der Waals surface area contributed by atoms with Crippen LogP contribution in [0.4, 0.5) is 0 Å². The first-order chi connectivity index (χ1) is 6.24. The van der Waals surface area contributed by atoms with Gasteiger partial charge in [0.25, 0.3) is 0 Å². The highest BCUT2D eigenvalue weighted by atomic mass is 16.5. The van der Waals surface area contributed by atoms with Crippen molar-refractivity contribution in [2.45, 2.75) is 20.8 Å². The average Bonchev–Trinajstić information content (AvgIpc) is 2.22. The molecule has 0 aliphatic rings. The monoisotopic (exact) mass is 180 g/mol. The zero-order chi connectivity index (χ0) is 10.7. The fourth-order valence-electron chi connectivity index (χ4n) is 0.501. The van der Waals surface area contributed by atoms with Crippen molar-refractivity contribution in [2.75, 3.05) is 7.11 Å². The molecule has 0 N–H and O–H groups in total. The van der Waals surface area contributed by atoms with E-state index in [0.29, 0.717) is 0 Å². The molecule has 0 aromatic heterocycles. The largest absolute Gasteiger partial charge is 0.497 e. The zero-order valence-electron chi connectivity index (χ0n) is 9.13. The molecule has 0 heterocycles. The van der Waals surface area contributed by atoms with Gasteiger partial charge in [0.05, 0.1) is 7.11 Å². The third kappa shape index (κ3) is 8.67. The molecule has 0 amide bonds. The Kier molecular flexibility index (Phi) is 11.8. The van der Waals surface area contributed by atoms with Gasteiger partial charge in [-0.25, -0.2) is 0 Å². The Labute approximate surface area is 82.1 Å². The lowest BCUT2D eigenvalue weighted by atomic mass is 10.2. The summed E-state index contributed by atoms with van der Waals surface area (Å²) in [4.78, 5) is 0. The average molecular weight is 180 g/mol. The second kappa shape index (κ2) is 10.8. The third-order valence-corrected chi connectivity index (χ3v) is 1.27. The van der Waals surface area contributed by atoms with Crippen LogP contribution in [-0.2, 0) is 4.74 Å². The Bertz CT molecular complexity index is 197. The lowest BCUT2D eigenvalue weighted by Crippen LogP contribution is -1.78. The molecule has 0 aromatic rings. The first-order valence-electron chi connectivity index (χ1n) is 4.42. The van der Waals surface area contributed by atoms with Gasteiger partial charge in [-0.3, -0.25) is 0 Å². The molecule has 1 heteroatoms. The maximum Gasteiger partial charge on any atom is 0.118 e. The van der Waals surface area contributed by atoms with E-state index in [1.54, 1.807) is 19.3 Å². The maximum atomic E-state index is 4.96. The van der Waals surface area contributed by atoms with Crippen LogP contribution >= 0.6 is 0 Å². The molecule has 0 aromatic carbocycles. The molecule has 13 heavy (non-hydrogen) atoms. The Morgan fingerprint density at radius 2 is 1.62 bits per heavy atom. The fourth-order valence-corrected chi connectivity index (χ4v) is 0.501. The summed E-state index contributed by atoms with van der Waals surface area (Å²) in [7, 11) is 1.62. The Balaban J connectivity index is 0. The topological polar surface area (TPSA) is 9.23 Å². The van der Waals surface area contributed by atoms with Gasteiger partial charge in [0.2, 0.25) is 0 Å². The predicted molar refractivity (Wildman–Crippen MR) is 60.6 cm³/mol. The van der Waals surface area contributed by atoms with E-state index in [9.17, 15) is 0 Å². The quantitative estimate of drug-likeness (QED) is 0.471. The maximum absolute atomic E-state index is 4.96. The van der Waals surface area contributed by atoms with Crippen LogP contribution in [0.15, 0.2) is 48.8 Å². The number of methoxy groups -OCH3 is 1. The molecular weight excluding hydrogens is 160 g/mol. The van der Waals surface area contributed by atoms with E-state index in [0.717, 1.165) is 11.3 Å². The van der Waals surface area contributed by atoms with Crippen molar-refractivity contribution in [1.29, 1.82) is 0 Å². The van der Waals surface area contributed by atoms with Crippen LogP contribution in [-0.4, -0.2) is 7.11 Å². The lowest BCUT2D eigenvalue weighted by molar-refractivity contribution is 0.307. The van der Waals surface area contributed by atoms with Gasteiger partial charge in [-0.05, 0) is 19.1 Å². The summed E-state index contributed by atoms with van der Waals surface area (Å²) >= 11 is 0. The van der Waals surface area contributed by atoms with Crippen LogP contribution in [0.3, 0.4) is 0 Å². The van der Waals surface area contributed by atoms with Crippen LogP contribution in [0, 0.1) is 0 Å². The van der Waals surface area contributed by atoms with E-state index >= 15 is 0 Å². The molecular formula is C12H20O. The van der Waals surface area contributed by atoms with Gasteiger partial charge in [0.1, 0.15) is 5.76 Å². The number of hydrogen-bond donors (Lipinski definition) is 0. The normalized spacial score (nSPS) is 11.1. The van der Waals surface area contributed by atoms with Crippen LogP contribution in [0.25, 0.3) is 0 Å². The lowest BCUT2D eigenvalue weighted by Gasteiger charge is -1.96. The summed E-state index contributed by atoms with van der Waals surface area (Å²) in [6.07, 6.45) is 7.22. The van der Waals surface area contributed by atoms with Crippen LogP contribution in [0.2, 0.25) is 0 Å². The van der Waals surface area contributed by atoms with E-state index in [-0.39, 0.29) is 0 Å². The van der Waals surface area contributed by atoms with Crippen LogP contribution in [0.1, 0.15) is 20.8 Å². The van der Waals surface area contributed by atoms with Crippen molar-refractivity contribution in [1.82, 2.24) is 0 Å². The number of rotatable bonds is 4. The van der Waals surface area contributed by atoms with Gasteiger partial charge < -0.3 is 4.74 Å². The van der Waals surface area contributed by atoms with E-state index in [1.807, 2.05) is 32.9 Å². The fraction of sp³-hybridized carbons (Fsp3) is 0.333. The highest BCUT2D eigenvalue weighted by Crippen LogP contribution is 1.99. The van der Waals surface area contributed by atoms with Gasteiger partial charge in [-0.1, -0.05) is 44.7 Å². The second-order valence-corrected chi connectivity index (χ2v) is 2.09. The van der Waals surface area contributed by atoms with Gasteiger partial charge in [-0.2, -0.15) is 0 Å². The highest BCUT2D eigenvalue weighted by molar-refractivity contribution is 5.24. The van der Waals surface area contributed by atoms with Crippen molar-refractivity contribution in [2.24, 2.45) is 0 Å². The smallest absolute Gasteiger partial charge is 0.118 e. The molecule has 0 aliphatic heterocycles. The van der Waals surface area contributed by atoms with Crippen molar-refractivity contribution in [3.05, 3.63) is 48.8 Å². The first kappa shape index (κ1) is 14.3. The molecule has 0 rings (SSSR count).